The van der Waals surface area contributed by atoms with E-state index in [0.29, 0.717) is 11.5 Å². The summed E-state index contributed by atoms with van der Waals surface area (Å²) in [4.78, 5) is 48.5. The van der Waals surface area contributed by atoms with Crippen molar-refractivity contribution in [3.05, 3.63) is 24.3 Å². The zero-order chi connectivity index (χ0) is 23.1. The molecule has 0 radical (unpaired) electrons. The molecule has 32 heavy (non-hydrogen) atoms. The molecule has 0 unspecified atom stereocenters. The van der Waals surface area contributed by atoms with Gasteiger partial charge in [0.25, 0.3) is 0 Å². The summed E-state index contributed by atoms with van der Waals surface area (Å²) in [5.74, 6) is 0.132. The van der Waals surface area contributed by atoms with Gasteiger partial charge in [0.1, 0.15) is 11.5 Å². The molecule has 2 N–H and O–H groups in total. The van der Waals surface area contributed by atoms with Crippen LogP contribution >= 0.6 is 0 Å². The molecule has 2 heterocycles. The molecule has 10 heteroatoms. The topological polar surface area (TPSA) is 134 Å². The van der Waals surface area contributed by atoms with Gasteiger partial charge in [0.05, 0.1) is 38.5 Å². The summed E-state index contributed by atoms with van der Waals surface area (Å²) in [6, 6.07) is 6.81. The Balaban J connectivity index is 1.31. The lowest BCUT2D eigenvalue weighted by atomic mass is 10.2. The summed E-state index contributed by atoms with van der Waals surface area (Å²) in [7, 11) is 0. The van der Waals surface area contributed by atoms with Gasteiger partial charge in [-0.1, -0.05) is 0 Å². The molecule has 4 amide bonds. The first-order chi connectivity index (χ1) is 15.3. The van der Waals surface area contributed by atoms with Gasteiger partial charge in [-0.2, -0.15) is 0 Å². The molecule has 2 fully saturated rings. The first-order valence-electron chi connectivity index (χ1n) is 10.7. The van der Waals surface area contributed by atoms with E-state index in [-0.39, 0.29) is 88.5 Å². The third-order valence-corrected chi connectivity index (χ3v) is 5.36. The van der Waals surface area contributed by atoms with Gasteiger partial charge in [0, 0.05) is 38.5 Å². The van der Waals surface area contributed by atoms with Crippen LogP contribution in [0.1, 0.15) is 38.5 Å². The predicted octanol–water partition coefficient (Wildman–Crippen LogP) is 0.244. The molecule has 0 aromatic heterocycles. The van der Waals surface area contributed by atoms with Crippen molar-refractivity contribution in [1.82, 2.24) is 9.80 Å². The van der Waals surface area contributed by atoms with E-state index >= 15 is 0 Å². The van der Waals surface area contributed by atoms with Crippen molar-refractivity contribution in [2.24, 2.45) is 0 Å². The van der Waals surface area contributed by atoms with E-state index in [2.05, 4.69) is 0 Å². The molecule has 2 aliphatic rings. The lowest BCUT2D eigenvalue weighted by Crippen LogP contribution is -2.37. The van der Waals surface area contributed by atoms with Crippen LogP contribution in [0.25, 0.3) is 0 Å². The Morgan fingerprint density at radius 1 is 0.656 bits per heavy atom. The van der Waals surface area contributed by atoms with Gasteiger partial charge >= 0.3 is 0 Å². The first-order valence-corrected chi connectivity index (χ1v) is 10.7. The maximum atomic E-state index is 11.6. The molecule has 0 bridgehead atoms. The Morgan fingerprint density at radius 2 is 0.969 bits per heavy atom. The van der Waals surface area contributed by atoms with Crippen LogP contribution in [0.4, 0.5) is 0 Å². The molecule has 2 atom stereocenters. The highest BCUT2D eigenvalue weighted by atomic mass is 16.5. The second-order valence-electron chi connectivity index (χ2n) is 7.85. The minimum absolute atomic E-state index is 0.0142. The zero-order valence-corrected chi connectivity index (χ0v) is 17.8. The maximum absolute atomic E-state index is 11.6. The number of benzene rings is 1. The second kappa shape index (κ2) is 11.1. The fourth-order valence-electron chi connectivity index (χ4n) is 3.51. The van der Waals surface area contributed by atoms with Crippen LogP contribution in [0.3, 0.4) is 0 Å². The van der Waals surface area contributed by atoms with Crippen LogP contribution in [-0.4, -0.2) is 82.2 Å². The smallest absolute Gasteiger partial charge is 0.229 e. The van der Waals surface area contributed by atoms with E-state index in [1.165, 1.54) is 0 Å². The van der Waals surface area contributed by atoms with Crippen LogP contribution in [-0.2, 0) is 19.2 Å². The van der Waals surface area contributed by atoms with Crippen molar-refractivity contribution >= 4 is 23.6 Å². The standard InChI is InChI=1S/C22H28N2O8/c25-15(13-23-19(27)5-6-20(23)28)9-11-31-17-1-2-18(4-3-17)32-12-10-16(26)14-24-21(29)7-8-22(24)30/h1-4,15-16,25-26H,5-14H2/t15-,16+. The number of nitrogens with zero attached hydrogens (tertiary/aromatic N) is 2. The Kier molecular flexibility index (Phi) is 8.18. The highest BCUT2D eigenvalue weighted by molar-refractivity contribution is 6.02. The number of rotatable bonds is 12. The van der Waals surface area contributed by atoms with Gasteiger partial charge in [-0.3, -0.25) is 29.0 Å². The number of amides is 4. The average molecular weight is 448 g/mol. The third kappa shape index (κ3) is 6.51. The highest BCUT2D eigenvalue weighted by Crippen LogP contribution is 2.19. The molecular formula is C22H28N2O8. The SMILES string of the molecule is O=C1CCC(=O)N1C[C@H](O)CCOc1ccc(OCC[C@H](O)CN2C(=O)CCC2=O)cc1. The Labute approximate surface area is 185 Å². The normalized spacial score (nSPS) is 18.4. The van der Waals surface area contributed by atoms with Crippen LogP contribution < -0.4 is 9.47 Å². The fraction of sp³-hybridized carbons (Fsp3) is 0.545. The van der Waals surface area contributed by atoms with Crippen molar-refractivity contribution < 1.29 is 38.9 Å². The summed E-state index contributed by atoms with van der Waals surface area (Å²) in [6.45, 7) is 0.412. The number of carbonyl (C=O) groups is 4. The summed E-state index contributed by atoms with van der Waals surface area (Å²) < 4.78 is 11.1. The van der Waals surface area contributed by atoms with Crippen LogP contribution in [0.2, 0.25) is 0 Å². The number of imide groups is 2. The predicted molar refractivity (Wildman–Crippen MR) is 111 cm³/mol. The van der Waals surface area contributed by atoms with E-state index in [1.807, 2.05) is 0 Å². The molecule has 1 aromatic carbocycles. The summed E-state index contributed by atoms with van der Waals surface area (Å²) in [5, 5.41) is 20.0. The van der Waals surface area contributed by atoms with Crippen molar-refractivity contribution in [1.29, 1.82) is 0 Å². The van der Waals surface area contributed by atoms with E-state index in [1.54, 1.807) is 24.3 Å². The Hall–Kier alpha value is -2.98. The number of β-amino-alcohol motifs (C(OH)–C–C–N with tert-alkyl or cyclic N) is 2. The minimum Gasteiger partial charge on any atom is -0.493 e. The van der Waals surface area contributed by atoms with Crippen molar-refractivity contribution in [2.45, 2.75) is 50.7 Å². The molecule has 2 saturated heterocycles. The lowest BCUT2D eigenvalue weighted by Gasteiger charge is -2.19. The lowest BCUT2D eigenvalue weighted by molar-refractivity contribution is -0.141. The Bertz CT molecular complexity index is 740. The van der Waals surface area contributed by atoms with E-state index in [9.17, 15) is 29.4 Å². The number of ether oxygens (including phenoxy) is 2. The maximum Gasteiger partial charge on any atom is 0.229 e. The van der Waals surface area contributed by atoms with Crippen molar-refractivity contribution in [3.63, 3.8) is 0 Å². The number of hydrogen-bond donors (Lipinski definition) is 2. The fourth-order valence-corrected chi connectivity index (χ4v) is 3.51. The number of likely N-dealkylation sites (tertiary alicyclic amines) is 2. The number of aliphatic hydroxyl groups excluding tert-OH is 2. The van der Waals surface area contributed by atoms with Crippen molar-refractivity contribution in [2.75, 3.05) is 26.3 Å². The monoisotopic (exact) mass is 448 g/mol. The number of hydrogen-bond acceptors (Lipinski definition) is 8. The molecule has 0 saturated carbocycles. The molecule has 0 aliphatic carbocycles. The second-order valence-corrected chi connectivity index (χ2v) is 7.85. The van der Waals surface area contributed by atoms with E-state index in [4.69, 9.17) is 9.47 Å². The third-order valence-electron chi connectivity index (χ3n) is 5.36. The largest absolute Gasteiger partial charge is 0.493 e. The first kappa shape index (κ1) is 23.7. The minimum atomic E-state index is -0.846. The summed E-state index contributed by atoms with van der Waals surface area (Å²) in [5.41, 5.74) is 0. The molecule has 0 spiro atoms. The van der Waals surface area contributed by atoms with Gasteiger partial charge in [-0.05, 0) is 24.3 Å². The van der Waals surface area contributed by atoms with Gasteiger partial charge in [0.2, 0.25) is 23.6 Å². The van der Waals surface area contributed by atoms with Gasteiger partial charge in [-0.25, -0.2) is 0 Å². The van der Waals surface area contributed by atoms with Gasteiger partial charge in [0.15, 0.2) is 0 Å². The zero-order valence-electron chi connectivity index (χ0n) is 17.8. The van der Waals surface area contributed by atoms with Gasteiger partial charge in [-0.15, -0.1) is 0 Å². The molecule has 2 aliphatic heterocycles. The summed E-state index contributed by atoms with van der Waals surface area (Å²) in [6.07, 6.45) is -0.340. The molecular weight excluding hydrogens is 420 g/mol. The van der Waals surface area contributed by atoms with Crippen LogP contribution in [0.5, 0.6) is 11.5 Å². The molecule has 3 rings (SSSR count). The van der Waals surface area contributed by atoms with Crippen molar-refractivity contribution in [3.8, 4) is 11.5 Å². The van der Waals surface area contributed by atoms with Crippen LogP contribution in [0, 0.1) is 0 Å². The average Bonchev–Trinajstić information content (AvgIpc) is 3.25. The van der Waals surface area contributed by atoms with E-state index < -0.39 is 12.2 Å². The number of carbonyl (C=O) groups excluding carboxylic acids is 4. The highest BCUT2D eigenvalue weighted by Gasteiger charge is 2.31. The molecule has 1 aromatic rings. The number of aliphatic hydroxyl groups is 2. The summed E-state index contributed by atoms with van der Waals surface area (Å²) >= 11 is 0. The Morgan fingerprint density at radius 3 is 1.28 bits per heavy atom. The van der Waals surface area contributed by atoms with E-state index in [0.717, 1.165) is 9.80 Å². The molecule has 10 nitrogen and oxygen atoms in total. The van der Waals surface area contributed by atoms with Crippen LogP contribution in [0.15, 0.2) is 24.3 Å². The molecule has 174 valence electrons. The quantitative estimate of drug-likeness (QED) is 0.435. The van der Waals surface area contributed by atoms with Gasteiger partial charge < -0.3 is 19.7 Å².